The van der Waals surface area contributed by atoms with Crippen molar-refractivity contribution in [2.24, 2.45) is 5.73 Å². The molecular weight excluding hydrogens is 241 g/mol. The SMILES string of the molecule is CC(N)C1CCCCN1Cc1ccc(F)cc1C#N. The van der Waals surface area contributed by atoms with Gasteiger partial charge < -0.3 is 5.73 Å². The maximum Gasteiger partial charge on any atom is 0.124 e. The van der Waals surface area contributed by atoms with Crippen LogP contribution in [0.1, 0.15) is 37.3 Å². The molecule has 2 N–H and O–H groups in total. The largest absolute Gasteiger partial charge is 0.327 e. The number of likely N-dealkylation sites (tertiary alicyclic amines) is 1. The van der Waals surface area contributed by atoms with E-state index in [1.54, 1.807) is 6.07 Å². The Balaban J connectivity index is 2.17. The Bertz CT molecular complexity index is 479. The van der Waals surface area contributed by atoms with Crippen molar-refractivity contribution in [3.05, 3.63) is 35.1 Å². The van der Waals surface area contributed by atoms with E-state index in [2.05, 4.69) is 11.0 Å². The predicted octanol–water partition coefficient (Wildman–Crippen LogP) is 2.40. The molecule has 0 aliphatic carbocycles. The first-order valence-electron chi connectivity index (χ1n) is 6.80. The van der Waals surface area contributed by atoms with Crippen LogP contribution in [0.15, 0.2) is 18.2 Å². The zero-order chi connectivity index (χ0) is 13.8. The molecule has 0 aromatic heterocycles. The van der Waals surface area contributed by atoms with Gasteiger partial charge >= 0.3 is 0 Å². The van der Waals surface area contributed by atoms with Crippen molar-refractivity contribution in [1.29, 1.82) is 5.26 Å². The Morgan fingerprint density at radius 1 is 1.53 bits per heavy atom. The summed E-state index contributed by atoms with van der Waals surface area (Å²) in [7, 11) is 0. The molecule has 1 fully saturated rings. The molecule has 2 unspecified atom stereocenters. The van der Waals surface area contributed by atoms with Crippen molar-refractivity contribution < 1.29 is 4.39 Å². The Labute approximate surface area is 113 Å². The number of hydrogen-bond donors (Lipinski definition) is 1. The van der Waals surface area contributed by atoms with Crippen LogP contribution in [0.25, 0.3) is 0 Å². The molecule has 0 spiro atoms. The van der Waals surface area contributed by atoms with E-state index in [9.17, 15) is 4.39 Å². The predicted molar refractivity (Wildman–Crippen MR) is 72.8 cm³/mol. The lowest BCUT2D eigenvalue weighted by atomic mass is 9.95. The van der Waals surface area contributed by atoms with Crippen LogP contribution in [0.2, 0.25) is 0 Å². The molecule has 1 aromatic carbocycles. The molecule has 0 amide bonds. The van der Waals surface area contributed by atoms with Gasteiger partial charge in [-0.05, 0) is 44.0 Å². The number of halogens is 1. The monoisotopic (exact) mass is 261 g/mol. The van der Waals surface area contributed by atoms with Crippen LogP contribution < -0.4 is 5.73 Å². The zero-order valence-electron chi connectivity index (χ0n) is 11.3. The zero-order valence-corrected chi connectivity index (χ0v) is 11.3. The number of nitrogens with zero attached hydrogens (tertiary/aromatic N) is 2. The molecule has 1 aliphatic heterocycles. The van der Waals surface area contributed by atoms with Gasteiger partial charge in [-0.15, -0.1) is 0 Å². The van der Waals surface area contributed by atoms with Crippen LogP contribution in [0.3, 0.4) is 0 Å². The number of hydrogen-bond acceptors (Lipinski definition) is 3. The molecular formula is C15H20FN3. The second-order valence-electron chi connectivity index (χ2n) is 5.31. The van der Waals surface area contributed by atoms with Crippen LogP contribution in [-0.2, 0) is 6.54 Å². The second kappa shape index (κ2) is 6.14. The maximum atomic E-state index is 13.1. The quantitative estimate of drug-likeness (QED) is 0.909. The first-order chi connectivity index (χ1) is 9.11. The Hall–Kier alpha value is -1.44. The van der Waals surface area contributed by atoms with Gasteiger partial charge in [0.15, 0.2) is 0 Å². The van der Waals surface area contributed by atoms with Crippen molar-refractivity contribution in [1.82, 2.24) is 4.90 Å². The summed E-state index contributed by atoms with van der Waals surface area (Å²) < 4.78 is 13.1. The minimum absolute atomic E-state index is 0.117. The lowest BCUT2D eigenvalue weighted by Gasteiger charge is -2.38. The molecule has 1 aromatic rings. The second-order valence-corrected chi connectivity index (χ2v) is 5.31. The highest BCUT2D eigenvalue weighted by Crippen LogP contribution is 2.22. The molecule has 4 heteroatoms. The average Bonchev–Trinajstić information content (AvgIpc) is 2.41. The molecule has 2 atom stereocenters. The Kier molecular flexibility index (Phi) is 4.52. The van der Waals surface area contributed by atoms with E-state index < -0.39 is 0 Å². The fourth-order valence-corrected chi connectivity index (χ4v) is 2.82. The molecule has 19 heavy (non-hydrogen) atoms. The topological polar surface area (TPSA) is 53.0 Å². The molecule has 0 radical (unpaired) electrons. The molecule has 0 saturated carbocycles. The molecule has 3 nitrogen and oxygen atoms in total. The van der Waals surface area contributed by atoms with Gasteiger partial charge in [0.25, 0.3) is 0 Å². The first kappa shape index (κ1) is 14.0. The van der Waals surface area contributed by atoms with Crippen molar-refractivity contribution in [3.8, 4) is 6.07 Å². The van der Waals surface area contributed by atoms with Gasteiger partial charge in [-0.2, -0.15) is 5.26 Å². The van der Waals surface area contributed by atoms with Crippen LogP contribution in [-0.4, -0.2) is 23.5 Å². The summed E-state index contributed by atoms with van der Waals surface area (Å²) in [5.41, 5.74) is 7.35. The van der Waals surface area contributed by atoms with Crippen molar-refractivity contribution in [2.45, 2.75) is 44.8 Å². The molecule has 102 valence electrons. The molecule has 0 bridgehead atoms. The summed E-state index contributed by atoms with van der Waals surface area (Å²) in [6.07, 6.45) is 3.46. The Morgan fingerprint density at radius 2 is 2.32 bits per heavy atom. The summed E-state index contributed by atoms with van der Waals surface area (Å²) in [6, 6.07) is 6.97. The highest BCUT2D eigenvalue weighted by molar-refractivity contribution is 5.37. The van der Waals surface area contributed by atoms with Crippen LogP contribution >= 0.6 is 0 Å². The van der Waals surface area contributed by atoms with Crippen molar-refractivity contribution in [2.75, 3.05) is 6.54 Å². The average molecular weight is 261 g/mol. The van der Waals surface area contributed by atoms with Gasteiger partial charge in [0.1, 0.15) is 5.82 Å². The summed E-state index contributed by atoms with van der Waals surface area (Å²) in [5.74, 6) is -0.359. The number of rotatable bonds is 3. The third-order valence-electron chi connectivity index (χ3n) is 3.84. The minimum Gasteiger partial charge on any atom is -0.327 e. The molecule has 1 aliphatic rings. The fraction of sp³-hybridized carbons (Fsp3) is 0.533. The van der Waals surface area contributed by atoms with E-state index in [0.29, 0.717) is 18.2 Å². The summed E-state index contributed by atoms with van der Waals surface area (Å²) in [5, 5.41) is 9.09. The first-order valence-corrected chi connectivity index (χ1v) is 6.80. The molecule has 1 saturated heterocycles. The van der Waals surface area contributed by atoms with Gasteiger partial charge in [-0.3, -0.25) is 4.90 Å². The normalized spacial score (nSPS) is 21.9. The van der Waals surface area contributed by atoms with E-state index >= 15 is 0 Å². The maximum absolute atomic E-state index is 13.1. The van der Waals surface area contributed by atoms with Crippen LogP contribution in [0, 0.1) is 17.1 Å². The van der Waals surface area contributed by atoms with E-state index in [0.717, 1.165) is 24.9 Å². The number of piperidine rings is 1. The number of nitriles is 1. The van der Waals surface area contributed by atoms with Gasteiger partial charge in [0.2, 0.25) is 0 Å². The standard InChI is InChI=1S/C15H20FN3/c1-11(18)15-4-2-3-7-19(15)10-12-5-6-14(16)8-13(12)9-17/h5-6,8,11,15H,2-4,7,10,18H2,1H3. The van der Waals surface area contributed by atoms with Gasteiger partial charge in [0.05, 0.1) is 11.6 Å². The Morgan fingerprint density at radius 3 is 3.00 bits per heavy atom. The highest BCUT2D eigenvalue weighted by atomic mass is 19.1. The lowest BCUT2D eigenvalue weighted by Crippen LogP contribution is -2.48. The van der Waals surface area contributed by atoms with Gasteiger partial charge in [-0.1, -0.05) is 12.5 Å². The summed E-state index contributed by atoms with van der Waals surface area (Å²) in [6.45, 7) is 3.70. The van der Waals surface area contributed by atoms with E-state index in [-0.39, 0.29) is 11.9 Å². The third kappa shape index (κ3) is 3.31. The minimum atomic E-state index is -0.359. The van der Waals surface area contributed by atoms with E-state index in [4.69, 9.17) is 11.0 Å². The number of nitrogens with two attached hydrogens (primary N) is 1. The van der Waals surface area contributed by atoms with E-state index in [1.807, 2.05) is 6.92 Å². The molecule has 2 rings (SSSR count). The number of benzene rings is 1. The van der Waals surface area contributed by atoms with E-state index in [1.165, 1.54) is 18.6 Å². The summed E-state index contributed by atoms with van der Waals surface area (Å²) in [4.78, 5) is 2.32. The third-order valence-corrected chi connectivity index (χ3v) is 3.84. The van der Waals surface area contributed by atoms with Gasteiger partial charge in [-0.25, -0.2) is 4.39 Å². The molecule has 1 heterocycles. The highest BCUT2D eigenvalue weighted by Gasteiger charge is 2.25. The van der Waals surface area contributed by atoms with Crippen LogP contribution in [0.5, 0.6) is 0 Å². The van der Waals surface area contributed by atoms with Crippen molar-refractivity contribution in [3.63, 3.8) is 0 Å². The lowest BCUT2D eigenvalue weighted by molar-refractivity contribution is 0.123. The van der Waals surface area contributed by atoms with Crippen LogP contribution in [0.4, 0.5) is 4.39 Å². The van der Waals surface area contributed by atoms with Gasteiger partial charge in [0, 0.05) is 18.6 Å². The smallest absolute Gasteiger partial charge is 0.124 e. The van der Waals surface area contributed by atoms with Crippen molar-refractivity contribution >= 4 is 0 Å². The summed E-state index contributed by atoms with van der Waals surface area (Å²) >= 11 is 0. The fourth-order valence-electron chi connectivity index (χ4n) is 2.82.